The lowest BCUT2D eigenvalue weighted by molar-refractivity contribution is 0.398. The van der Waals surface area contributed by atoms with Crippen LogP contribution in [-0.2, 0) is 14.1 Å². The number of hydrogen-bond donors (Lipinski definition) is 5. The van der Waals surface area contributed by atoms with Gasteiger partial charge in [0.05, 0.1) is 94.2 Å². The van der Waals surface area contributed by atoms with Gasteiger partial charge in [0.25, 0.3) is 22.2 Å². The summed E-state index contributed by atoms with van der Waals surface area (Å²) < 4.78 is 15.3. The Labute approximate surface area is 855 Å². The number of aryl methyl sites for hydroxylation is 7. The average molecular weight is 1980 g/mol. The minimum absolute atomic E-state index is 0.106. The summed E-state index contributed by atoms with van der Waals surface area (Å²) in [7, 11) is 4.97. The lowest BCUT2D eigenvalue weighted by Gasteiger charge is -2.24. The summed E-state index contributed by atoms with van der Waals surface area (Å²) in [4.78, 5) is 136. The van der Waals surface area contributed by atoms with E-state index >= 15 is 0 Å². The Bertz CT molecular complexity index is 9040. The summed E-state index contributed by atoms with van der Waals surface area (Å²) in [6.07, 6.45) is 13.6. The molecule has 4 atom stereocenters. The molecular weight excluding hydrogens is 1870 g/mol. The van der Waals surface area contributed by atoms with Crippen LogP contribution >= 0.6 is 11.3 Å². The van der Waals surface area contributed by atoms with Crippen molar-refractivity contribution in [2.75, 3.05) is 34.1 Å². The molecule has 148 heavy (non-hydrogen) atoms. The number of fused-ring (bicyclic) bond motifs is 4. The molecule has 0 aliphatic carbocycles. The fourth-order valence-electron chi connectivity index (χ4n) is 18.3. The largest absolute Gasteiger partial charge is 0.481 e. The molecule has 0 radical (unpaired) electrons. The molecule has 0 saturated carbocycles. The standard InChI is InChI=1S/C31H26N6O2S.C30H26N6O.C29H24N6O2.C26H26N6O2/c1-19(34-30-25(15-33-20(2)35-30)27-16-32-18-40-27)26-14-21-8-7-11-24(22-12-13-28(38)36(3)17-22)29(21)31(39)37(26)23-9-5-4-6-10-23;1-18-16-22(14-15-32-18)25-13-9-10-23-17-26(36(30(37)27(23)25)24-11-7-6-8-12-24)19(2)34-29-28(31-5)20(3)33-21(4)35-29;1-18(33-28-24(30-3)17-32-19(2)34-28)25-15-21-9-8-12-23(20-13-14-31-26(16-20)37-4)27(21)29(36)35(25)22-10-6-5-7-11-22;1-15(2)32-21(16(3)30-25-24(28-4)20(27)11-12-29-25)13-17-7-6-8-19(23(17)26(32)34)18-9-10-22(33)31(5)14-18/h4-19H,1-3H3,(H,33,34,35);6-17,19H,1-4H3,(H,33,34,35);5-18H,1-2,4H3,(H,32,33,34);6-16H,1-3,5H3,(H3,27,29,30)/t2*19-;18-;16-/m0010/s1. The van der Waals surface area contributed by atoms with Crippen molar-refractivity contribution in [3.63, 3.8) is 0 Å². The van der Waals surface area contributed by atoms with E-state index in [4.69, 9.17) is 35.2 Å². The second-order valence-corrected chi connectivity index (χ2v) is 36.6. The summed E-state index contributed by atoms with van der Waals surface area (Å²) in [5, 5.41) is 19.2. The van der Waals surface area contributed by atoms with Crippen molar-refractivity contribution >= 4 is 100 Å². The van der Waals surface area contributed by atoms with E-state index in [0.717, 1.165) is 122 Å². The van der Waals surface area contributed by atoms with Crippen molar-refractivity contribution < 1.29 is 4.74 Å². The molecule has 0 fully saturated rings. The Morgan fingerprint density at radius 2 is 0.797 bits per heavy atom. The number of hydrogen-bond acceptors (Lipinski definition) is 23. The van der Waals surface area contributed by atoms with Crippen molar-refractivity contribution in [2.45, 2.75) is 106 Å². The Kier molecular flexibility index (Phi) is 29.7. The molecule has 31 nitrogen and oxygen atoms in total. The van der Waals surface area contributed by atoms with Crippen LogP contribution in [0.1, 0.15) is 123 Å². The third-order valence-electron chi connectivity index (χ3n) is 25.3. The number of nitrogens with zero attached hydrogens (tertiary/aromatic N) is 19. The van der Waals surface area contributed by atoms with Crippen LogP contribution < -0.4 is 65.1 Å². The maximum Gasteiger partial charge on any atom is 0.263 e. The van der Waals surface area contributed by atoms with Crippen LogP contribution in [0.25, 0.3) is 130 Å². The summed E-state index contributed by atoms with van der Waals surface area (Å²) in [6.45, 7) is 43.5. The number of anilines is 5. The molecule has 7 aromatic carbocycles. The van der Waals surface area contributed by atoms with E-state index in [1.54, 1.807) is 127 Å². The first-order chi connectivity index (χ1) is 71.5. The van der Waals surface area contributed by atoms with E-state index < -0.39 is 0 Å². The van der Waals surface area contributed by atoms with Crippen LogP contribution in [0.3, 0.4) is 0 Å². The number of rotatable bonds is 22. The summed E-state index contributed by atoms with van der Waals surface area (Å²) in [5.74, 6) is 4.20. The highest BCUT2D eigenvalue weighted by Gasteiger charge is 2.28. The van der Waals surface area contributed by atoms with Gasteiger partial charge >= 0.3 is 0 Å². The van der Waals surface area contributed by atoms with Crippen LogP contribution in [0.2, 0.25) is 0 Å². The Morgan fingerprint density at radius 3 is 1.25 bits per heavy atom. The van der Waals surface area contributed by atoms with Crippen molar-refractivity contribution in [1.29, 1.82) is 0 Å². The van der Waals surface area contributed by atoms with E-state index in [-0.39, 0.29) is 69.3 Å². The fourth-order valence-corrected chi connectivity index (χ4v) is 18.9. The third-order valence-corrected chi connectivity index (χ3v) is 26.1. The van der Waals surface area contributed by atoms with Crippen molar-refractivity contribution in [1.82, 2.24) is 77.2 Å². The molecule has 734 valence electrons. The zero-order chi connectivity index (χ0) is 104. The Morgan fingerprint density at radius 1 is 0.378 bits per heavy atom. The van der Waals surface area contributed by atoms with Crippen LogP contribution in [0, 0.1) is 54.3 Å². The maximum atomic E-state index is 14.4. The SMILES string of the molecule is Cc1ncc(-c2cncs2)c(N[C@@H](C)c2cc3cccc(-c4ccc(=O)n(C)c4)c3c(=O)n2-c2ccccc2)n1.[C-]#[N+]c1c(C)nc(C)nc1N[C@@H](C)c1cc2cccc(-c3ccnc(C)c3)c2c(=O)n1-c1ccccc1.[C-]#[N+]c1c(N)ccnc1N[C@@H](C)c1cc2cccc(-c3ccc(=O)n(C)c3)c2c(=O)n1C(C)C.[C-]#[N+]c1cnc(C)nc1N[C@H](C)c1cc2cccc(-c3ccnc(OC)c3)c2c(=O)n1-c1ccccc1. The number of methoxy groups -OCH3 is 1. The van der Waals surface area contributed by atoms with Gasteiger partial charge in [0.2, 0.25) is 34.1 Å². The minimum Gasteiger partial charge on any atom is -0.481 e. The van der Waals surface area contributed by atoms with Gasteiger partial charge < -0.3 is 45.4 Å². The molecule has 20 rings (SSSR count). The number of thiazole rings is 1. The normalized spacial score (nSPS) is 11.8. The monoisotopic (exact) mass is 1970 g/mol. The molecule has 13 heterocycles. The number of nitrogens with two attached hydrogens (primary N) is 1. The molecule has 0 unspecified atom stereocenters. The highest BCUT2D eigenvalue weighted by atomic mass is 32.1. The van der Waals surface area contributed by atoms with Crippen LogP contribution in [0.5, 0.6) is 5.88 Å². The number of pyridine rings is 9. The van der Waals surface area contributed by atoms with Crippen LogP contribution in [0.4, 0.5) is 46.0 Å². The van der Waals surface area contributed by atoms with Gasteiger partial charge in [-0.3, -0.25) is 62.4 Å². The number of nitrogen functional groups attached to an aromatic ring is 1. The van der Waals surface area contributed by atoms with Gasteiger partial charge in [-0.25, -0.2) is 44.4 Å². The molecule has 0 spiro atoms. The van der Waals surface area contributed by atoms with Crippen LogP contribution in [0.15, 0.2) is 327 Å². The highest BCUT2D eigenvalue weighted by molar-refractivity contribution is 7.13. The quantitative estimate of drug-likeness (QED) is 0.0393. The van der Waals surface area contributed by atoms with E-state index in [1.165, 1.54) is 38.8 Å². The lowest BCUT2D eigenvalue weighted by atomic mass is 9.98. The van der Waals surface area contributed by atoms with Crippen molar-refractivity contribution in [3.8, 4) is 77.9 Å². The second-order valence-electron chi connectivity index (χ2n) is 35.7. The first kappa shape index (κ1) is 100. The molecule has 13 aromatic heterocycles. The zero-order valence-electron chi connectivity index (χ0n) is 83.5. The average Bonchev–Trinajstić information content (AvgIpc) is 0.777. The molecule has 6 N–H and O–H groups in total. The Balaban J connectivity index is 0.000000135. The number of para-hydroxylation sites is 3. The van der Waals surface area contributed by atoms with E-state index in [1.807, 2.05) is 268 Å². The first-order valence-corrected chi connectivity index (χ1v) is 48.4. The van der Waals surface area contributed by atoms with Crippen molar-refractivity contribution in [3.05, 3.63) is 446 Å². The molecule has 32 heteroatoms. The van der Waals surface area contributed by atoms with Gasteiger partial charge in [0.1, 0.15) is 40.7 Å². The molecule has 0 saturated heterocycles. The smallest absolute Gasteiger partial charge is 0.263 e. The lowest BCUT2D eigenvalue weighted by Crippen LogP contribution is -2.28. The number of nitrogens with one attached hydrogen (secondary N) is 4. The molecule has 0 amide bonds. The highest BCUT2D eigenvalue weighted by Crippen LogP contribution is 2.41. The number of benzene rings is 7. The topological polar surface area (TPSA) is 357 Å². The van der Waals surface area contributed by atoms with Gasteiger partial charge in [-0.05, 0) is 239 Å². The van der Waals surface area contributed by atoms with Gasteiger partial charge in [0, 0.05) is 139 Å². The van der Waals surface area contributed by atoms with Gasteiger partial charge in [-0.15, -0.1) is 11.3 Å². The van der Waals surface area contributed by atoms with E-state index in [0.29, 0.717) is 90.9 Å². The van der Waals surface area contributed by atoms with Gasteiger partial charge in [0.15, 0.2) is 0 Å². The number of ether oxygens (including phenoxy) is 1. The van der Waals surface area contributed by atoms with Gasteiger partial charge in [-0.1, -0.05) is 127 Å². The third kappa shape index (κ3) is 20.9. The molecular formula is C116H102N24O7S. The summed E-state index contributed by atoms with van der Waals surface area (Å²) in [5.41, 5.74) is 22.5. The summed E-state index contributed by atoms with van der Waals surface area (Å²) in [6, 6.07) is 74.4. The second kappa shape index (κ2) is 43.8. The van der Waals surface area contributed by atoms with E-state index in [9.17, 15) is 28.8 Å². The molecule has 0 aliphatic heterocycles. The first-order valence-electron chi connectivity index (χ1n) is 47.5. The number of aromatic nitrogens is 16. The van der Waals surface area contributed by atoms with Gasteiger partial charge in [-0.2, -0.15) is 0 Å². The minimum atomic E-state index is -0.350. The zero-order valence-corrected chi connectivity index (χ0v) is 84.3. The summed E-state index contributed by atoms with van der Waals surface area (Å²) >= 11 is 1.52. The molecule has 0 aliphatic rings. The maximum absolute atomic E-state index is 14.4. The predicted molar refractivity (Wildman–Crippen MR) is 588 cm³/mol. The molecule has 20 aromatic rings. The molecule has 0 bridgehead atoms. The van der Waals surface area contributed by atoms with E-state index in [2.05, 4.69) is 80.7 Å². The van der Waals surface area contributed by atoms with Crippen molar-refractivity contribution in [2.24, 2.45) is 14.1 Å². The Hall–Kier alpha value is -19.1. The van der Waals surface area contributed by atoms with Crippen LogP contribution in [-0.4, -0.2) is 84.4 Å². The predicted octanol–water partition coefficient (Wildman–Crippen LogP) is 22.8. The fraction of sp³-hybridized carbons (Fsp3) is 0.164.